The van der Waals surface area contributed by atoms with Gasteiger partial charge in [-0.15, -0.1) is 0 Å². The second kappa shape index (κ2) is 6.44. The molecule has 1 fully saturated rings. The summed E-state index contributed by atoms with van der Waals surface area (Å²) < 4.78 is 18.7. The summed E-state index contributed by atoms with van der Waals surface area (Å²) in [6.45, 7) is 6.91. The number of carbonyl (C=O) groups is 2. The first-order valence-electron chi connectivity index (χ1n) is 7.49. The summed E-state index contributed by atoms with van der Waals surface area (Å²) in [6, 6.07) is 3.78. The zero-order chi connectivity index (χ0) is 17.2. The predicted octanol–water partition coefficient (Wildman–Crippen LogP) is 2.10. The maximum Gasteiger partial charge on any atom is 0.410 e. The van der Waals surface area contributed by atoms with E-state index in [-0.39, 0.29) is 23.3 Å². The third-order valence-corrected chi connectivity index (χ3v) is 3.39. The molecule has 126 valence electrons. The summed E-state index contributed by atoms with van der Waals surface area (Å²) in [7, 11) is 0. The van der Waals surface area contributed by atoms with E-state index in [9.17, 15) is 14.0 Å². The number of amides is 2. The molecule has 1 aromatic carbocycles. The largest absolute Gasteiger partial charge is 0.444 e. The van der Waals surface area contributed by atoms with Gasteiger partial charge in [-0.25, -0.2) is 9.18 Å². The smallest absolute Gasteiger partial charge is 0.410 e. The highest BCUT2D eigenvalue weighted by Gasteiger charge is 2.28. The lowest BCUT2D eigenvalue weighted by Gasteiger charge is -2.35. The molecule has 2 amide bonds. The second-order valence-corrected chi connectivity index (χ2v) is 6.53. The minimum Gasteiger partial charge on any atom is -0.444 e. The van der Waals surface area contributed by atoms with E-state index in [4.69, 9.17) is 10.5 Å². The fourth-order valence-electron chi connectivity index (χ4n) is 2.34. The van der Waals surface area contributed by atoms with Crippen molar-refractivity contribution in [2.45, 2.75) is 26.4 Å². The molecule has 2 N–H and O–H groups in total. The third kappa shape index (κ3) is 4.58. The van der Waals surface area contributed by atoms with Gasteiger partial charge in [-0.2, -0.15) is 0 Å². The van der Waals surface area contributed by atoms with Crippen LogP contribution < -0.4 is 5.73 Å². The first-order chi connectivity index (χ1) is 10.7. The first-order valence-corrected chi connectivity index (χ1v) is 7.49. The molecule has 0 radical (unpaired) electrons. The van der Waals surface area contributed by atoms with Crippen LogP contribution in [-0.2, 0) is 4.74 Å². The third-order valence-electron chi connectivity index (χ3n) is 3.39. The van der Waals surface area contributed by atoms with Crippen LogP contribution in [0.25, 0.3) is 0 Å². The van der Waals surface area contributed by atoms with Crippen molar-refractivity contribution < 1.29 is 18.7 Å². The molecule has 1 heterocycles. The van der Waals surface area contributed by atoms with Crippen molar-refractivity contribution in [1.82, 2.24) is 9.80 Å². The highest BCUT2D eigenvalue weighted by molar-refractivity contribution is 5.95. The number of hydrogen-bond acceptors (Lipinski definition) is 4. The molecule has 23 heavy (non-hydrogen) atoms. The van der Waals surface area contributed by atoms with Crippen molar-refractivity contribution in [3.05, 3.63) is 29.6 Å². The Labute approximate surface area is 135 Å². The number of ether oxygens (including phenoxy) is 1. The van der Waals surface area contributed by atoms with Gasteiger partial charge in [0.25, 0.3) is 5.91 Å². The molecule has 0 aliphatic carbocycles. The number of nitrogens with two attached hydrogens (primary N) is 1. The lowest BCUT2D eigenvalue weighted by Crippen LogP contribution is -2.51. The zero-order valence-corrected chi connectivity index (χ0v) is 13.6. The zero-order valence-electron chi connectivity index (χ0n) is 13.6. The topological polar surface area (TPSA) is 75.9 Å². The van der Waals surface area contributed by atoms with Gasteiger partial charge in [0.2, 0.25) is 0 Å². The van der Waals surface area contributed by atoms with Crippen LogP contribution in [0.2, 0.25) is 0 Å². The molecule has 0 saturated carbocycles. The van der Waals surface area contributed by atoms with Crippen LogP contribution >= 0.6 is 0 Å². The van der Waals surface area contributed by atoms with Gasteiger partial charge >= 0.3 is 6.09 Å². The molecule has 0 aromatic heterocycles. The minimum atomic E-state index is -0.552. The molecule has 0 unspecified atom stereocenters. The molecule has 1 aliphatic rings. The van der Waals surface area contributed by atoms with Gasteiger partial charge in [0.05, 0.1) is 0 Å². The molecule has 7 heteroatoms. The van der Waals surface area contributed by atoms with Crippen LogP contribution in [0.5, 0.6) is 0 Å². The fourth-order valence-corrected chi connectivity index (χ4v) is 2.34. The molecule has 0 spiro atoms. The van der Waals surface area contributed by atoms with E-state index < -0.39 is 11.4 Å². The predicted molar refractivity (Wildman–Crippen MR) is 84.5 cm³/mol. The van der Waals surface area contributed by atoms with E-state index in [0.717, 1.165) is 6.07 Å². The summed E-state index contributed by atoms with van der Waals surface area (Å²) in [5.74, 6) is -0.833. The number of benzene rings is 1. The van der Waals surface area contributed by atoms with Crippen LogP contribution in [-0.4, -0.2) is 53.6 Å². The van der Waals surface area contributed by atoms with Crippen LogP contribution in [0.3, 0.4) is 0 Å². The van der Waals surface area contributed by atoms with E-state index >= 15 is 0 Å². The van der Waals surface area contributed by atoms with E-state index in [2.05, 4.69) is 0 Å². The Morgan fingerprint density at radius 3 is 2.17 bits per heavy atom. The number of piperazine rings is 1. The Balaban J connectivity index is 1.96. The summed E-state index contributed by atoms with van der Waals surface area (Å²) in [5.41, 5.74) is 5.44. The Kier molecular flexibility index (Phi) is 4.77. The van der Waals surface area contributed by atoms with Crippen molar-refractivity contribution in [3.8, 4) is 0 Å². The number of rotatable bonds is 1. The fraction of sp³-hybridized carbons (Fsp3) is 0.500. The standard InChI is InChI=1S/C16H22FN3O3/c1-16(2,3)23-15(22)20-6-4-19(5-7-20)14(21)11-8-12(17)10-13(18)9-11/h8-10H,4-7,18H2,1-3H3. The van der Waals surface area contributed by atoms with Gasteiger partial charge in [-0.3, -0.25) is 4.79 Å². The quantitative estimate of drug-likeness (QED) is 0.803. The van der Waals surface area contributed by atoms with E-state index in [0.29, 0.717) is 26.2 Å². The minimum absolute atomic E-state index is 0.209. The number of anilines is 1. The maximum absolute atomic E-state index is 13.4. The first kappa shape index (κ1) is 17.1. The van der Waals surface area contributed by atoms with Crippen LogP contribution in [0.4, 0.5) is 14.9 Å². The molecule has 1 aromatic rings. The van der Waals surface area contributed by atoms with Crippen molar-refractivity contribution in [3.63, 3.8) is 0 Å². The van der Waals surface area contributed by atoms with Crippen molar-refractivity contribution >= 4 is 17.7 Å². The molecule has 6 nitrogen and oxygen atoms in total. The normalized spacial score (nSPS) is 15.5. The highest BCUT2D eigenvalue weighted by atomic mass is 19.1. The SMILES string of the molecule is CC(C)(C)OC(=O)N1CCN(C(=O)c2cc(N)cc(F)c2)CC1. The Morgan fingerprint density at radius 2 is 1.65 bits per heavy atom. The average molecular weight is 323 g/mol. The number of nitrogen functional groups attached to an aromatic ring is 1. The molecular formula is C16H22FN3O3. The molecule has 2 rings (SSSR count). The lowest BCUT2D eigenvalue weighted by molar-refractivity contribution is 0.0141. The van der Waals surface area contributed by atoms with Gasteiger partial charge < -0.3 is 20.3 Å². The number of halogens is 1. The van der Waals surface area contributed by atoms with Gasteiger partial charge in [-0.05, 0) is 39.0 Å². The van der Waals surface area contributed by atoms with Crippen molar-refractivity contribution in [1.29, 1.82) is 0 Å². The Morgan fingerprint density at radius 1 is 1.09 bits per heavy atom. The van der Waals surface area contributed by atoms with Crippen molar-refractivity contribution in [2.24, 2.45) is 0 Å². The summed E-state index contributed by atoms with van der Waals surface area (Å²) in [6.07, 6.45) is -0.389. The molecule has 0 atom stereocenters. The Hall–Kier alpha value is -2.31. The number of hydrogen-bond donors (Lipinski definition) is 1. The van der Waals surface area contributed by atoms with E-state index in [1.165, 1.54) is 12.1 Å². The van der Waals surface area contributed by atoms with Crippen molar-refractivity contribution in [2.75, 3.05) is 31.9 Å². The number of carbonyl (C=O) groups excluding carboxylic acids is 2. The van der Waals surface area contributed by atoms with E-state index in [1.807, 2.05) is 0 Å². The Bertz CT molecular complexity index is 585. The summed E-state index contributed by atoms with van der Waals surface area (Å²) >= 11 is 0. The van der Waals surface area contributed by atoms with Gasteiger partial charge in [0.1, 0.15) is 11.4 Å². The number of nitrogens with zero attached hydrogens (tertiary/aromatic N) is 2. The molecule has 0 bridgehead atoms. The maximum atomic E-state index is 13.4. The molecule has 1 aliphatic heterocycles. The monoisotopic (exact) mass is 323 g/mol. The summed E-state index contributed by atoms with van der Waals surface area (Å²) in [5, 5.41) is 0. The van der Waals surface area contributed by atoms with Crippen LogP contribution in [0.15, 0.2) is 18.2 Å². The average Bonchev–Trinajstić information content (AvgIpc) is 2.44. The van der Waals surface area contributed by atoms with Gasteiger partial charge in [0.15, 0.2) is 0 Å². The van der Waals surface area contributed by atoms with Crippen LogP contribution in [0, 0.1) is 5.82 Å². The van der Waals surface area contributed by atoms with Gasteiger partial charge in [0, 0.05) is 37.4 Å². The highest BCUT2D eigenvalue weighted by Crippen LogP contribution is 2.16. The van der Waals surface area contributed by atoms with Crippen LogP contribution in [0.1, 0.15) is 31.1 Å². The lowest BCUT2D eigenvalue weighted by atomic mass is 10.1. The summed E-state index contributed by atoms with van der Waals surface area (Å²) in [4.78, 5) is 27.5. The second-order valence-electron chi connectivity index (χ2n) is 6.53. The molecule has 1 saturated heterocycles. The van der Waals surface area contributed by atoms with E-state index in [1.54, 1.807) is 30.6 Å². The molecular weight excluding hydrogens is 301 g/mol. The van der Waals surface area contributed by atoms with Gasteiger partial charge in [-0.1, -0.05) is 0 Å².